The highest BCUT2D eigenvalue weighted by Gasteiger charge is 2.20. The summed E-state index contributed by atoms with van der Waals surface area (Å²) in [5.74, 6) is -0.651. The fourth-order valence-electron chi connectivity index (χ4n) is 1.17. The highest BCUT2D eigenvalue weighted by Crippen LogP contribution is 2.17. The number of carbonyl (C=O) groups is 2. The third-order valence-electron chi connectivity index (χ3n) is 1.88. The zero-order valence-electron chi connectivity index (χ0n) is 11.3. The van der Waals surface area contributed by atoms with E-state index < -0.39 is 12.1 Å². The molecular weight excluding hydrogens is 286 g/mol. The van der Waals surface area contributed by atoms with Gasteiger partial charge in [-0.15, -0.1) is 11.3 Å². The van der Waals surface area contributed by atoms with Gasteiger partial charge in [0.15, 0.2) is 5.13 Å². The summed E-state index contributed by atoms with van der Waals surface area (Å²) in [7, 11) is 1.31. The molecule has 1 aromatic heterocycles. The van der Waals surface area contributed by atoms with Crippen LogP contribution in [-0.2, 0) is 19.1 Å². The van der Waals surface area contributed by atoms with E-state index in [1.807, 2.05) is 0 Å². The van der Waals surface area contributed by atoms with E-state index >= 15 is 0 Å². The SMILES string of the molecule is CCOC(=O)Nc1nc(C(=NOC)C(=O)OCC)cs1. The Morgan fingerprint density at radius 2 is 2.05 bits per heavy atom. The summed E-state index contributed by atoms with van der Waals surface area (Å²) in [6.45, 7) is 3.83. The molecule has 1 amide bonds. The van der Waals surface area contributed by atoms with Crippen molar-refractivity contribution < 1.29 is 23.9 Å². The maximum absolute atomic E-state index is 11.7. The summed E-state index contributed by atoms with van der Waals surface area (Å²) < 4.78 is 9.56. The molecule has 0 radical (unpaired) electrons. The molecule has 1 aromatic rings. The standard InChI is InChI=1S/C11H15N3O5S/c1-4-18-9(15)8(14-17-3)7-6-20-10(12-7)13-11(16)19-5-2/h6H,4-5H2,1-3H3,(H,12,13,16). The first-order valence-corrected chi connectivity index (χ1v) is 6.68. The van der Waals surface area contributed by atoms with Gasteiger partial charge in [-0.1, -0.05) is 5.16 Å². The molecule has 1 N–H and O–H groups in total. The lowest BCUT2D eigenvalue weighted by atomic mass is 10.3. The Hall–Kier alpha value is -2.16. The first kappa shape index (κ1) is 15.9. The number of thiazole rings is 1. The molecule has 0 fully saturated rings. The predicted octanol–water partition coefficient (Wildman–Crippen LogP) is 1.63. The summed E-state index contributed by atoms with van der Waals surface area (Å²) in [6.07, 6.45) is -0.616. The van der Waals surface area contributed by atoms with E-state index in [1.54, 1.807) is 19.2 Å². The van der Waals surface area contributed by atoms with Crippen LogP contribution < -0.4 is 5.32 Å². The highest BCUT2D eigenvalue weighted by molar-refractivity contribution is 7.14. The monoisotopic (exact) mass is 301 g/mol. The first-order valence-electron chi connectivity index (χ1n) is 5.80. The Kier molecular flexibility index (Phi) is 6.44. The number of esters is 1. The lowest BCUT2D eigenvalue weighted by molar-refractivity contribution is -0.135. The maximum Gasteiger partial charge on any atom is 0.413 e. The molecular formula is C11H15N3O5S. The number of nitrogens with one attached hydrogen (secondary N) is 1. The van der Waals surface area contributed by atoms with Crippen LogP contribution in [0, 0.1) is 0 Å². The molecule has 0 aliphatic rings. The minimum Gasteiger partial charge on any atom is -0.461 e. The Morgan fingerprint density at radius 1 is 1.35 bits per heavy atom. The molecule has 0 aliphatic carbocycles. The molecule has 9 heteroatoms. The van der Waals surface area contributed by atoms with Crippen LogP contribution in [0.2, 0.25) is 0 Å². The number of hydrogen-bond acceptors (Lipinski definition) is 8. The van der Waals surface area contributed by atoms with Crippen LogP contribution in [0.1, 0.15) is 19.5 Å². The minimum atomic E-state index is -0.651. The molecule has 0 aliphatic heterocycles. The van der Waals surface area contributed by atoms with E-state index in [1.165, 1.54) is 7.11 Å². The van der Waals surface area contributed by atoms with Gasteiger partial charge in [-0.3, -0.25) is 5.32 Å². The number of ether oxygens (including phenoxy) is 2. The molecule has 0 spiro atoms. The van der Waals surface area contributed by atoms with Crippen LogP contribution in [0.4, 0.5) is 9.93 Å². The van der Waals surface area contributed by atoms with Crippen molar-refractivity contribution in [1.82, 2.24) is 4.98 Å². The Balaban J connectivity index is 2.84. The molecule has 8 nitrogen and oxygen atoms in total. The Morgan fingerprint density at radius 3 is 2.65 bits per heavy atom. The van der Waals surface area contributed by atoms with E-state index in [0.717, 1.165) is 11.3 Å². The van der Waals surface area contributed by atoms with Crippen molar-refractivity contribution in [2.24, 2.45) is 5.16 Å². The zero-order chi connectivity index (χ0) is 15.0. The zero-order valence-corrected chi connectivity index (χ0v) is 12.2. The third kappa shape index (κ3) is 4.50. The van der Waals surface area contributed by atoms with Gasteiger partial charge in [0.05, 0.1) is 13.2 Å². The van der Waals surface area contributed by atoms with E-state index in [-0.39, 0.29) is 29.8 Å². The van der Waals surface area contributed by atoms with Gasteiger partial charge in [0.25, 0.3) is 0 Å². The Labute approximate surface area is 119 Å². The predicted molar refractivity (Wildman–Crippen MR) is 72.9 cm³/mol. The van der Waals surface area contributed by atoms with E-state index in [0.29, 0.717) is 0 Å². The Bertz CT molecular complexity index is 500. The van der Waals surface area contributed by atoms with Crippen LogP contribution in [0.25, 0.3) is 0 Å². The molecule has 0 unspecified atom stereocenters. The van der Waals surface area contributed by atoms with Crippen molar-refractivity contribution in [3.8, 4) is 0 Å². The molecule has 0 atom stereocenters. The number of nitrogens with zero attached hydrogens (tertiary/aromatic N) is 2. The van der Waals surface area contributed by atoms with Crippen molar-refractivity contribution in [2.75, 3.05) is 25.6 Å². The summed E-state index contributed by atoms with van der Waals surface area (Å²) in [4.78, 5) is 31.6. The van der Waals surface area contributed by atoms with Gasteiger partial charge < -0.3 is 14.3 Å². The van der Waals surface area contributed by atoms with E-state index in [4.69, 9.17) is 9.47 Å². The molecule has 0 saturated heterocycles. The number of oxime groups is 1. The largest absolute Gasteiger partial charge is 0.461 e. The molecule has 1 rings (SSSR count). The fourth-order valence-corrected chi connectivity index (χ4v) is 1.85. The third-order valence-corrected chi connectivity index (χ3v) is 2.64. The van der Waals surface area contributed by atoms with Gasteiger partial charge in [0.2, 0.25) is 5.71 Å². The van der Waals surface area contributed by atoms with Crippen LogP contribution in [-0.4, -0.2) is 43.1 Å². The lowest BCUT2D eigenvalue weighted by Gasteiger charge is -2.02. The number of aromatic nitrogens is 1. The van der Waals surface area contributed by atoms with Crippen LogP contribution >= 0.6 is 11.3 Å². The normalized spacial score (nSPS) is 10.8. The van der Waals surface area contributed by atoms with Gasteiger partial charge in [-0.25, -0.2) is 14.6 Å². The highest BCUT2D eigenvalue weighted by atomic mass is 32.1. The summed E-state index contributed by atoms with van der Waals surface area (Å²) in [6, 6.07) is 0. The number of anilines is 1. The molecule has 1 heterocycles. The molecule has 0 bridgehead atoms. The van der Waals surface area contributed by atoms with Gasteiger partial charge in [-0.2, -0.15) is 0 Å². The van der Waals surface area contributed by atoms with Crippen LogP contribution in [0.15, 0.2) is 10.5 Å². The number of amides is 1. The molecule has 110 valence electrons. The minimum absolute atomic E-state index is 0.0671. The molecule has 20 heavy (non-hydrogen) atoms. The van der Waals surface area contributed by atoms with Crippen LogP contribution in [0.5, 0.6) is 0 Å². The van der Waals surface area contributed by atoms with Crippen molar-refractivity contribution in [3.63, 3.8) is 0 Å². The number of rotatable bonds is 6. The van der Waals surface area contributed by atoms with Gasteiger partial charge >= 0.3 is 12.1 Å². The van der Waals surface area contributed by atoms with E-state index in [2.05, 4.69) is 20.3 Å². The van der Waals surface area contributed by atoms with Gasteiger partial charge in [-0.05, 0) is 13.8 Å². The van der Waals surface area contributed by atoms with Gasteiger partial charge in [0, 0.05) is 5.38 Å². The first-order chi connectivity index (χ1) is 9.62. The maximum atomic E-state index is 11.7. The molecule has 0 aromatic carbocycles. The summed E-state index contributed by atoms with van der Waals surface area (Å²) in [5.41, 5.74) is 0.185. The lowest BCUT2D eigenvalue weighted by Crippen LogP contribution is -2.20. The number of carbonyl (C=O) groups excluding carboxylic acids is 2. The smallest absolute Gasteiger partial charge is 0.413 e. The van der Waals surface area contributed by atoms with Gasteiger partial charge in [0.1, 0.15) is 12.8 Å². The number of hydrogen-bond donors (Lipinski definition) is 1. The van der Waals surface area contributed by atoms with Crippen molar-refractivity contribution in [2.45, 2.75) is 13.8 Å². The second kappa shape index (κ2) is 8.10. The average Bonchev–Trinajstić information content (AvgIpc) is 2.84. The topological polar surface area (TPSA) is 99.1 Å². The second-order valence-corrected chi connectivity index (χ2v) is 4.08. The quantitative estimate of drug-likeness (QED) is 0.487. The van der Waals surface area contributed by atoms with Crippen LogP contribution in [0.3, 0.4) is 0 Å². The van der Waals surface area contributed by atoms with E-state index in [9.17, 15) is 9.59 Å². The fraction of sp³-hybridized carbons (Fsp3) is 0.455. The van der Waals surface area contributed by atoms with Crippen molar-refractivity contribution >= 4 is 34.2 Å². The van der Waals surface area contributed by atoms with Crippen molar-refractivity contribution in [1.29, 1.82) is 0 Å². The summed E-state index contributed by atoms with van der Waals surface area (Å²) >= 11 is 1.13. The van der Waals surface area contributed by atoms with Crippen molar-refractivity contribution in [3.05, 3.63) is 11.1 Å². The average molecular weight is 301 g/mol. The second-order valence-electron chi connectivity index (χ2n) is 3.23. The summed E-state index contributed by atoms with van der Waals surface area (Å²) in [5, 5.41) is 7.85. The molecule has 0 saturated carbocycles.